The van der Waals surface area contributed by atoms with Gasteiger partial charge in [0.1, 0.15) is 18.2 Å². The molecule has 112 valence electrons. The molecule has 0 spiro atoms. The van der Waals surface area contributed by atoms with Crippen LogP contribution in [0, 0.1) is 0 Å². The predicted molar refractivity (Wildman–Crippen MR) is 71.9 cm³/mol. The maximum atomic E-state index is 12.3. The van der Waals surface area contributed by atoms with Crippen molar-refractivity contribution in [2.75, 3.05) is 24.2 Å². The van der Waals surface area contributed by atoms with Gasteiger partial charge in [0.15, 0.2) is 5.69 Å². The number of aromatic nitrogens is 2. The molecule has 2 aromatic rings. The number of nitrogen functional groups attached to an aromatic ring is 1. The lowest BCUT2D eigenvalue weighted by molar-refractivity contribution is -0.141. The molecule has 0 aliphatic carbocycles. The number of nitrogens with two attached hydrogens (primary N) is 1. The summed E-state index contributed by atoms with van der Waals surface area (Å²) in [6, 6.07) is 8.98. The molecule has 0 saturated heterocycles. The van der Waals surface area contributed by atoms with Crippen molar-refractivity contribution < 1.29 is 17.9 Å². The van der Waals surface area contributed by atoms with Crippen molar-refractivity contribution in [2.24, 2.45) is 0 Å². The highest BCUT2D eigenvalue weighted by Crippen LogP contribution is 2.26. The van der Waals surface area contributed by atoms with Crippen LogP contribution in [0.4, 0.5) is 24.7 Å². The summed E-state index contributed by atoms with van der Waals surface area (Å²) in [4.78, 5) is 0. The fourth-order valence-corrected chi connectivity index (χ4v) is 1.49. The minimum Gasteiger partial charge on any atom is -0.492 e. The molecule has 0 amide bonds. The Morgan fingerprint density at radius 1 is 1.05 bits per heavy atom. The van der Waals surface area contributed by atoms with Gasteiger partial charge < -0.3 is 15.8 Å². The van der Waals surface area contributed by atoms with Gasteiger partial charge in [-0.25, -0.2) is 0 Å². The Morgan fingerprint density at radius 2 is 1.76 bits per heavy atom. The van der Waals surface area contributed by atoms with E-state index in [-0.39, 0.29) is 5.82 Å². The Bertz CT molecular complexity index is 569. The molecule has 1 aromatic carbocycles. The molecule has 1 heterocycles. The van der Waals surface area contributed by atoms with Crippen LogP contribution in [0.3, 0.4) is 0 Å². The van der Waals surface area contributed by atoms with Gasteiger partial charge >= 0.3 is 6.18 Å². The molecule has 0 atom stereocenters. The fraction of sp³-hybridized carbons (Fsp3) is 0.231. The molecule has 0 unspecified atom stereocenters. The van der Waals surface area contributed by atoms with E-state index in [1.54, 1.807) is 24.3 Å². The van der Waals surface area contributed by atoms with Crippen molar-refractivity contribution in [3.63, 3.8) is 0 Å². The number of nitrogens with zero attached hydrogens (tertiary/aromatic N) is 2. The minimum absolute atomic E-state index is 0.254. The van der Waals surface area contributed by atoms with E-state index in [9.17, 15) is 13.2 Å². The summed E-state index contributed by atoms with van der Waals surface area (Å²) in [6.07, 6.45) is -4.48. The highest BCUT2D eigenvalue weighted by Gasteiger charge is 2.32. The van der Waals surface area contributed by atoms with Crippen LogP contribution < -0.4 is 15.8 Å². The van der Waals surface area contributed by atoms with Crippen molar-refractivity contribution in [1.29, 1.82) is 0 Å². The van der Waals surface area contributed by atoms with Crippen LogP contribution in [0.2, 0.25) is 0 Å². The molecule has 0 radical (unpaired) electrons. The smallest absolute Gasteiger partial charge is 0.435 e. The lowest BCUT2D eigenvalue weighted by atomic mass is 10.3. The average Bonchev–Trinajstić information content (AvgIpc) is 2.45. The zero-order valence-electron chi connectivity index (χ0n) is 10.9. The molecule has 3 N–H and O–H groups in total. The monoisotopic (exact) mass is 298 g/mol. The van der Waals surface area contributed by atoms with Crippen molar-refractivity contribution in [3.05, 3.63) is 42.1 Å². The molecule has 0 bridgehead atoms. The van der Waals surface area contributed by atoms with E-state index < -0.39 is 11.9 Å². The number of rotatable bonds is 5. The van der Waals surface area contributed by atoms with Crippen molar-refractivity contribution in [1.82, 2.24) is 10.2 Å². The highest BCUT2D eigenvalue weighted by molar-refractivity contribution is 5.41. The first kappa shape index (κ1) is 14.9. The van der Waals surface area contributed by atoms with Crippen LogP contribution in [0.15, 0.2) is 36.4 Å². The van der Waals surface area contributed by atoms with E-state index in [1.165, 1.54) is 6.07 Å². The standard InChI is InChI=1S/C13H13F3N4O/c14-13(15,16)11-5-6-12(20-19-11)18-7-8-21-10-3-1-9(17)2-4-10/h1-6H,7-8,17H2,(H,18,20). The number of anilines is 2. The van der Waals surface area contributed by atoms with E-state index in [4.69, 9.17) is 10.5 Å². The summed E-state index contributed by atoms with van der Waals surface area (Å²) in [7, 11) is 0. The Kier molecular flexibility index (Phi) is 4.46. The first-order chi connectivity index (χ1) is 9.95. The minimum atomic E-state index is -4.48. The van der Waals surface area contributed by atoms with Crippen molar-refractivity contribution >= 4 is 11.5 Å². The molecule has 0 aliphatic rings. The van der Waals surface area contributed by atoms with Gasteiger partial charge in [0.05, 0.1) is 6.54 Å². The summed E-state index contributed by atoms with van der Waals surface area (Å²) in [6.45, 7) is 0.705. The number of hydrogen-bond acceptors (Lipinski definition) is 5. The second-order valence-electron chi connectivity index (χ2n) is 4.15. The van der Waals surface area contributed by atoms with Gasteiger partial charge in [-0.1, -0.05) is 0 Å². The normalized spacial score (nSPS) is 11.2. The molecular formula is C13H13F3N4O. The summed E-state index contributed by atoms with van der Waals surface area (Å²) >= 11 is 0. The quantitative estimate of drug-likeness (QED) is 0.655. The maximum Gasteiger partial charge on any atom is 0.435 e. The zero-order valence-corrected chi connectivity index (χ0v) is 10.9. The topological polar surface area (TPSA) is 73.1 Å². The fourth-order valence-electron chi connectivity index (χ4n) is 1.49. The van der Waals surface area contributed by atoms with E-state index in [0.29, 0.717) is 24.6 Å². The van der Waals surface area contributed by atoms with Crippen LogP contribution in [0.1, 0.15) is 5.69 Å². The lowest BCUT2D eigenvalue weighted by Crippen LogP contribution is -2.14. The van der Waals surface area contributed by atoms with E-state index >= 15 is 0 Å². The molecule has 8 heteroatoms. The third-order valence-corrected chi connectivity index (χ3v) is 2.51. The molecule has 5 nitrogen and oxygen atoms in total. The highest BCUT2D eigenvalue weighted by atomic mass is 19.4. The summed E-state index contributed by atoms with van der Waals surface area (Å²) in [5.41, 5.74) is 5.15. The first-order valence-corrected chi connectivity index (χ1v) is 6.08. The van der Waals surface area contributed by atoms with Gasteiger partial charge in [-0.05, 0) is 36.4 Å². The Balaban J connectivity index is 1.77. The number of alkyl halides is 3. The van der Waals surface area contributed by atoms with Crippen LogP contribution >= 0.6 is 0 Å². The number of ether oxygens (including phenoxy) is 1. The Hall–Kier alpha value is -2.51. The van der Waals surface area contributed by atoms with Gasteiger partial charge in [-0.3, -0.25) is 0 Å². The van der Waals surface area contributed by atoms with E-state index in [1.807, 2.05) is 0 Å². The summed E-state index contributed by atoms with van der Waals surface area (Å²) < 4.78 is 42.3. The number of hydrogen-bond donors (Lipinski definition) is 2. The molecule has 1 aromatic heterocycles. The van der Waals surface area contributed by atoms with Crippen molar-refractivity contribution in [2.45, 2.75) is 6.18 Å². The molecule has 0 fully saturated rings. The number of nitrogens with one attached hydrogen (secondary N) is 1. The summed E-state index contributed by atoms with van der Waals surface area (Å²) in [5.74, 6) is 0.911. The van der Waals surface area contributed by atoms with Gasteiger partial charge in [0.2, 0.25) is 0 Å². The largest absolute Gasteiger partial charge is 0.492 e. The van der Waals surface area contributed by atoms with Gasteiger partial charge in [0.25, 0.3) is 0 Å². The molecule has 0 aliphatic heterocycles. The summed E-state index contributed by atoms with van der Waals surface area (Å²) in [5, 5.41) is 9.37. The Morgan fingerprint density at radius 3 is 2.33 bits per heavy atom. The second kappa shape index (κ2) is 6.29. The van der Waals surface area contributed by atoms with Crippen LogP contribution in [-0.4, -0.2) is 23.3 Å². The first-order valence-electron chi connectivity index (χ1n) is 6.08. The third-order valence-electron chi connectivity index (χ3n) is 2.51. The number of benzene rings is 1. The molecule has 0 saturated carbocycles. The average molecular weight is 298 g/mol. The van der Waals surface area contributed by atoms with Gasteiger partial charge in [-0.2, -0.15) is 13.2 Å². The molecular weight excluding hydrogens is 285 g/mol. The van der Waals surface area contributed by atoms with E-state index in [0.717, 1.165) is 6.07 Å². The van der Waals surface area contributed by atoms with Gasteiger partial charge in [0, 0.05) is 5.69 Å². The van der Waals surface area contributed by atoms with E-state index in [2.05, 4.69) is 15.5 Å². The van der Waals surface area contributed by atoms with Crippen molar-refractivity contribution in [3.8, 4) is 5.75 Å². The van der Waals surface area contributed by atoms with Crippen LogP contribution in [-0.2, 0) is 6.18 Å². The second-order valence-corrected chi connectivity index (χ2v) is 4.15. The molecule has 21 heavy (non-hydrogen) atoms. The van der Waals surface area contributed by atoms with Crippen LogP contribution in [0.5, 0.6) is 5.75 Å². The Labute approximate surface area is 118 Å². The number of halogens is 3. The maximum absolute atomic E-state index is 12.3. The third kappa shape index (κ3) is 4.51. The van der Waals surface area contributed by atoms with Gasteiger partial charge in [-0.15, -0.1) is 10.2 Å². The zero-order chi connectivity index (χ0) is 15.3. The SMILES string of the molecule is Nc1ccc(OCCNc2ccc(C(F)(F)F)nn2)cc1. The predicted octanol–water partition coefficient (Wildman–Crippen LogP) is 2.57. The molecule has 2 rings (SSSR count). The van der Waals surface area contributed by atoms with Crippen LogP contribution in [0.25, 0.3) is 0 Å². The lowest BCUT2D eigenvalue weighted by Gasteiger charge is -2.09.